The summed E-state index contributed by atoms with van der Waals surface area (Å²) in [5.74, 6) is -0.822. The predicted octanol–water partition coefficient (Wildman–Crippen LogP) is 1.19. The fourth-order valence-corrected chi connectivity index (χ4v) is 4.41. The molecule has 2 fully saturated rings. The van der Waals surface area contributed by atoms with Gasteiger partial charge in [-0.05, 0) is 24.8 Å². The summed E-state index contributed by atoms with van der Waals surface area (Å²) in [4.78, 5) is 25.9. The molecule has 2 unspecified atom stereocenters. The van der Waals surface area contributed by atoms with Gasteiger partial charge in [0.05, 0.1) is 16.9 Å². The van der Waals surface area contributed by atoms with Crippen LogP contribution in [0.3, 0.4) is 0 Å². The van der Waals surface area contributed by atoms with Gasteiger partial charge in [0.1, 0.15) is 17.9 Å². The number of piperidine rings is 1. The molecule has 26 heavy (non-hydrogen) atoms. The Labute approximate surface area is 147 Å². The molecule has 0 radical (unpaired) electrons. The molecule has 0 amide bonds. The molecule has 0 spiro atoms. The van der Waals surface area contributed by atoms with E-state index < -0.39 is 17.2 Å². The van der Waals surface area contributed by atoms with Crippen molar-refractivity contribution in [1.82, 2.24) is 4.57 Å². The van der Waals surface area contributed by atoms with E-state index in [1.54, 1.807) is 4.57 Å². The third-order valence-electron chi connectivity index (χ3n) is 5.95. The number of nitrogens with two attached hydrogens (primary N) is 1. The van der Waals surface area contributed by atoms with Crippen molar-refractivity contribution in [3.63, 3.8) is 0 Å². The molecule has 8 heteroatoms. The molecule has 7 nitrogen and oxygen atoms in total. The molecule has 1 aliphatic carbocycles. The van der Waals surface area contributed by atoms with Crippen molar-refractivity contribution in [2.75, 3.05) is 24.6 Å². The summed E-state index contributed by atoms with van der Waals surface area (Å²) in [6, 6.07) is 1.16. The highest BCUT2D eigenvalue weighted by Crippen LogP contribution is 2.49. The minimum absolute atomic E-state index is 0.0359. The molecule has 2 aromatic rings. The van der Waals surface area contributed by atoms with Crippen molar-refractivity contribution in [2.24, 2.45) is 17.6 Å². The SMILES string of the molecule is CC1COc2c(N3C[C@@H]4C(N)[C@@H]4C3)c(F)cc3c(=O)c(C(=O)O)cn1c23. The molecule has 1 aromatic carbocycles. The van der Waals surface area contributed by atoms with Gasteiger partial charge in [-0.25, -0.2) is 9.18 Å². The van der Waals surface area contributed by atoms with Crippen LogP contribution >= 0.6 is 0 Å². The summed E-state index contributed by atoms with van der Waals surface area (Å²) in [5, 5.41) is 9.35. The van der Waals surface area contributed by atoms with Crippen LogP contribution in [0.1, 0.15) is 23.3 Å². The van der Waals surface area contributed by atoms with Gasteiger partial charge in [-0.3, -0.25) is 4.79 Å². The molecular formula is C18H18FN3O4. The second kappa shape index (κ2) is 4.97. The minimum Gasteiger partial charge on any atom is -0.487 e. The zero-order valence-electron chi connectivity index (χ0n) is 14.1. The first-order valence-electron chi connectivity index (χ1n) is 8.66. The lowest BCUT2D eigenvalue weighted by Gasteiger charge is -2.31. The average molecular weight is 359 g/mol. The number of fused-ring (bicyclic) bond motifs is 1. The number of aromatic nitrogens is 1. The highest BCUT2D eigenvalue weighted by molar-refractivity contribution is 5.97. The highest BCUT2D eigenvalue weighted by Gasteiger charge is 2.54. The third-order valence-corrected chi connectivity index (χ3v) is 5.95. The quantitative estimate of drug-likeness (QED) is 0.836. The lowest BCUT2D eigenvalue weighted by molar-refractivity contribution is 0.0694. The van der Waals surface area contributed by atoms with Crippen LogP contribution < -0.4 is 20.8 Å². The molecule has 3 heterocycles. The van der Waals surface area contributed by atoms with Crippen molar-refractivity contribution < 1.29 is 19.0 Å². The van der Waals surface area contributed by atoms with Gasteiger partial charge >= 0.3 is 5.97 Å². The number of carboxylic acid groups (broad SMARTS) is 1. The van der Waals surface area contributed by atoms with Crippen LogP contribution in [0.5, 0.6) is 5.75 Å². The van der Waals surface area contributed by atoms with Crippen LogP contribution in [0, 0.1) is 17.7 Å². The van der Waals surface area contributed by atoms with Crippen molar-refractivity contribution in [2.45, 2.75) is 19.0 Å². The zero-order chi connectivity index (χ0) is 18.3. The van der Waals surface area contributed by atoms with E-state index in [1.807, 2.05) is 11.8 Å². The number of nitrogens with zero attached hydrogens (tertiary/aromatic N) is 2. The van der Waals surface area contributed by atoms with Crippen molar-refractivity contribution in [3.8, 4) is 5.75 Å². The smallest absolute Gasteiger partial charge is 0.341 e. The van der Waals surface area contributed by atoms with Crippen LogP contribution in [0.15, 0.2) is 17.1 Å². The second-order valence-corrected chi connectivity index (χ2v) is 7.49. The average Bonchev–Trinajstić information content (AvgIpc) is 3.01. The van der Waals surface area contributed by atoms with Crippen LogP contribution in [-0.4, -0.2) is 41.4 Å². The Morgan fingerprint density at radius 1 is 1.38 bits per heavy atom. The molecule has 0 bridgehead atoms. The number of ether oxygens (including phenoxy) is 1. The largest absolute Gasteiger partial charge is 0.487 e. The van der Waals surface area contributed by atoms with Gasteiger partial charge in [0.25, 0.3) is 0 Å². The van der Waals surface area contributed by atoms with Crippen LogP contribution in [0.2, 0.25) is 0 Å². The summed E-state index contributed by atoms with van der Waals surface area (Å²) >= 11 is 0. The third kappa shape index (κ3) is 1.90. The van der Waals surface area contributed by atoms with E-state index in [2.05, 4.69) is 0 Å². The molecule has 1 saturated heterocycles. The van der Waals surface area contributed by atoms with Crippen LogP contribution in [-0.2, 0) is 0 Å². The second-order valence-electron chi connectivity index (χ2n) is 7.49. The number of benzene rings is 1. The topological polar surface area (TPSA) is 97.8 Å². The summed E-state index contributed by atoms with van der Waals surface area (Å²) < 4.78 is 22.5. The lowest BCUT2D eigenvalue weighted by atomic mass is 10.1. The molecule has 1 saturated carbocycles. The van der Waals surface area contributed by atoms with E-state index in [0.717, 1.165) is 6.07 Å². The molecule has 1 aromatic heterocycles. The predicted molar refractivity (Wildman–Crippen MR) is 92.5 cm³/mol. The van der Waals surface area contributed by atoms with E-state index in [4.69, 9.17) is 10.5 Å². The first-order chi connectivity index (χ1) is 12.4. The van der Waals surface area contributed by atoms with E-state index in [9.17, 15) is 19.1 Å². The number of hydrogen-bond acceptors (Lipinski definition) is 5. The van der Waals surface area contributed by atoms with Crippen LogP contribution in [0.25, 0.3) is 10.9 Å². The standard InChI is InChI=1S/C18H18FN3O4/c1-7-6-26-17-14-8(16(23)11(18(24)25)5-22(7)14)2-12(19)15(17)21-3-9-10(4-21)13(9)20/h2,5,7,9-10,13H,3-4,6,20H2,1H3,(H,24,25)/t7?,9-,10+,13?. The van der Waals surface area contributed by atoms with Gasteiger partial charge < -0.3 is 25.0 Å². The monoisotopic (exact) mass is 359 g/mol. The fraction of sp³-hybridized carbons (Fsp3) is 0.444. The molecule has 2 aliphatic heterocycles. The van der Waals surface area contributed by atoms with Crippen LogP contribution in [0.4, 0.5) is 10.1 Å². The summed E-state index contributed by atoms with van der Waals surface area (Å²) in [6.07, 6.45) is 1.34. The number of pyridine rings is 1. The number of aromatic carboxylic acids is 1. The van der Waals surface area contributed by atoms with Gasteiger partial charge in [-0.2, -0.15) is 0 Å². The van der Waals surface area contributed by atoms with Gasteiger partial charge in [-0.1, -0.05) is 0 Å². The maximum Gasteiger partial charge on any atom is 0.341 e. The molecular weight excluding hydrogens is 341 g/mol. The van der Waals surface area contributed by atoms with Gasteiger partial charge in [0.2, 0.25) is 5.43 Å². The normalized spacial score (nSPS) is 28.8. The van der Waals surface area contributed by atoms with Gasteiger partial charge in [0, 0.05) is 25.3 Å². The first-order valence-corrected chi connectivity index (χ1v) is 8.66. The number of hydrogen-bond donors (Lipinski definition) is 2. The Morgan fingerprint density at radius 2 is 2.08 bits per heavy atom. The summed E-state index contributed by atoms with van der Waals surface area (Å²) in [6.45, 7) is 3.47. The zero-order valence-corrected chi connectivity index (χ0v) is 14.1. The van der Waals surface area contributed by atoms with E-state index in [1.165, 1.54) is 6.20 Å². The van der Waals surface area contributed by atoms with Gasteiger partial charge in [-0.15, -0.1) is 0 Å². The number of halogens is 1. The molecule has 5 rings (SSSR count). The lowest BCUT2D eigenvalue weighted by Crippen LogP contribution is -2.32. The maximum absolute atomic E-state index is 15.0. The number of carbonyl (C=O) groups is 1. The Morgan fingerprint density at radius 3 is 2.73 bits per heavy atom. The van der Waals surface area contributed by atoms with Gasteiger partial charge in [0.15, 0.2) is 11.6 Å². The molecule has 136 valence electrons. The van der Waals surface area contributed by atoms with Crippen molar-refractivity contribution >= 4 is 22.6 Å². The van der Waals surface area contributed by atoms with Crippen molar-refractivity contribution in [1.29, 1.82) is 0 Å². The molecule has 3 N–H and O–H groups in total. The molecule has 3 aliphatic rings. The van der Waals surface area contributed by atoms with E-state index >= 15 is 0 Å². The molecule has 4 atom stereocenters. The maximum atomic E-state index is 15.0. The fourth-order valence-electron chi connectivity index (χ4n) is 4.41. The Bertz CT molecular complexity index is 1020. The number of carboxylic acids is 1. The summed E-state index contributed by atoms with van der Waals surface area (Å²) in [7, 11) is 0. The van der Waals surface area contributed by atoms with E-state index in [-0.39, 0.29) is 29.6 Å². The Balaban J connectivity index is 1.77. The number of rotatable bonds is 2. The first kappa shape index (κ1) is 15.6. The highest BCUT2D eigenvalue weighted by atomic mass is 19.1. The van der Waals surface area contributed by atoms with E-state index in [0.29, 0.717) is 41.9 Å². The Kier molecular flexibility index (Phi) is 2.99. The number of anilines is 1. The summed E-state index contributed by atoms with van der Waals surface area (Å²) in [5.41, 5.74) is 5.72. The Hall–Kier alpha value is -2.61. The van der Waals surface area contributed by atoms with Crippen molar-refractivity contribution in [3.05, 3.63) is 33.9 Å². The minimum atomic E-state index is -1.32.